The van der Waals surface area contributed by atoms with Crippen LogP contribution in [-0.2, 0) is 6.54 Å². The molecule has 0 atom stereocenters. The van der Waals surface area contributed by atoms with Gasteiger partial charge < -0.3 is 9.88 Å². The molecule has 0 fully saturated rings. The largest absolute Gasteiger partial charge is 0.321 e. The van der Waals surface area contributed by atoms with E-state index in [9.17, 15) is 0 Å². The van der Waals surface area contributed by atoms with Gasteiger partial charge in [-0.25, -0.2) is 15.0 Å². The summed E-state index contributed by atoms with van der Waals surface area (Å²) in [7, 11) is 4.08. The third-order valence-electron chi connectivity index (χ3n) is 5.60. The minimum atomic E-state index is 0.611. The van der Waals surface area contributed by atoms with E-state index < -0.39 is 0 Å². The van der Waals surface area contributed by atoms with Crippen LogP contribution in [0.2, 0.25) is 0 Å². The number of H-pyrrole nitrogens is 2. The smallest absolute Gasteiger partial charge is 0.162 e. The molecular weight excluding hydrogens is 426 g/mol. The highest BCUT2D eigenvalue weighted by Crippen LogP contribution is 2.30. The summed E-state index contributed by atoms with van der Waals surface area (Å²) in [6, 6.07) is 11.9. The molecule has 2 N–H and O–H groups in total. The fourth-order valence-corrected chi connectivity index (χ4v) is 4.09. The maximum absolute atomic E-state index is 4.92. The minimum absolute atomic E-state index is 0.611. The molecule has 0 aliphatic rings. The number of nitrogens with one attached hydrogen (secondary N) is 2. The van der Waals surface area contributed by atoms with Gasteiger partial charge in [0.2, 0.25) is 0 Å². The predicted molar refractivity (Wildman–Crippen MR) is 131 cm³/mol. The second-order valence-corrected chi connectivity index (χ2v) is 8.36. The highest BCUT2D eigenvalue weighted by Gasteiger charge is 2.17. The number of aromatic nitrogens is 8. The molecule has 9 heteroatoms. The highest BCUT2D eigenvalue weighted by molar-refractivity contribution is 5.94. The number of aromatic amines is 2. The van der Waals surface area contributed by atoms with Gasteiger partial charge >= 0.3 is 0 Å². The summed E-state index contributed by atoms with van der Waals surface area (Å²) in [6.07, 6.45) is 9.02. The van der Waals surface area contributed by atoms with Crippen LogP contribution in [0.4, 0.5) is 0 Å². The SMILES string of the molecule is CN(C)Cc1cncc(-c2ccc3[nH]nc(-c4nc5c(-c6ccncc6)ccnc5[nH]4)c3n2)c1. The quantitative estimate of drug-likeness (QED) is 0.409. The molecule has 0 aromatic carbocycles. The molecule has 0 aliphatic heterocycles. The molecular formula is C25H21N9. The molecule has 0 bridgehead atoms. The molecule has 6 aromatic rings. The number of fused-ring (bicyclic) bond motifs is 2. The van der Waals surface area contributed by atoms with Crippen molar-refractivity contribution < 1.29 is 0 Å². The van der Waals surface area contributed by atoms with E-state index in [-0.39, 0.29) is 0 Å². The van der Waals surface area contributed by atoms with Crippen molar-refractivity contribution in [2.45, 2.75) is 6.54 Å². The Morgan fingerprint density at radius 2 is 1.74 bits per heavy atom. The van der Waals surface area contributed by atoms with Gasteiger partial charge in [-0.05, 0) is 61.6 Å². The van der Waals surface area contributed by atoms with Gasteiger partial charge in [-0.1, -0.05) is 0 Å². The zero-order valence-corrected chi connectivity index (χ0v) is 18.7. The molecule has 166 valence electrons. The average Bonchev–Trinajstić information content (AvgIpc) is 3.48. The molecule has 0 aliphatic carbocycles. The van der Waals surface area contributed by atoms with Crippen molar-refractivity contribution in [1.29, 1.82) is 0 Å². The second-order valence-electron chi connectivity index (χ2n) is 8.36. The van der Waals surface area contributed by atoms with Crippen LogP contribution in [0.1, 0.15) is 5.56 Å². The third kappa shape index (κ3) is 3.57. The average molecular weight is 448 g/mol. The summed E-state index contributed by atoms with van der Waals surface area (Å²) < 4.78 is 0. The Hall–Kier alpha value is -4.50. The summed E-state index contributed by atoms with van der Waals surface area (Å²) in [5.41, 5.74) is 8.60. The van der Waals surface area contributed by atoms with Crippen LogP contribution in [0.5, 0.6) is 0 Å². The normalized spacial score (nSPS) is 11.6. The molecule has 0 saturated carbocycles. The summed E-state index contributed by atoms with van der Waals surface area (Å²) in [6.45, 7) is 0.811. The van der Waals surface area contributed by atoms with Crippen molar-refractivity contribution in [3.8, 4) is 33.9 Å². The van der Waals surface area contributed by atoms with Crippen LogP contribution in [-0.4, -0.2) is 59.1 Å². The van der Waals surface area contributed by atoms with E-state index in [1.165, 1.54) is 0 Å². The lowest BCUT2D eigenvalue weighted by molar-refractivity contribution is 0.402. The lowest BCUT2D eigenvalue weighted by Gasteiger charge is -2.10. The van der Waals surface area contributed by atoms with Gasteiger partial charge in [-0.3, -0.25) is 15.1 Å². The Morgan fingerprint density at radius 1 is 0.853 bits per heavy atom. The molecule has 0 radical (unpaired) electrons. The Bertz CT molecular complexity index is 1620. The van der Waals surface area contributed by atoms with Gasteiger partial charge in [0.15, 0.2) is 17.2 Å². The van der Waals surface area contributed by atoms with Gasteiger partial charge in [-0.2, -0.15) is 5.10 Å². The Kier molecular flexibility index (Phi) is 4.81. The number of hydrogen-bond acceptors (Lipinski definition) is 7. The van der Waals surface area contributed by atoms with E-state index in [4.69, 9.17) is 9.97 Å². The lowest BCUT2D eigenvalue weighted by atomic mass is 10.1. The van der Waals surface area contributed by atoms with Crippen molar-refractivity contribution in [2.24, 2.45) is 0 Å². The van der Waals surface area contributed by atoms with Crippen molar-refractivity contribution >= 4 is 22.2 Å². The Balaban J connectivity index is 1.45. The van der Waals surface area contributed by atoms with Gasteiger partial charge in [0, 0.05) is 48.7 Å². The van der Waals surface area contributed by atoms with Crippen LogP contribution in [0.25, 0.3) is 56.1 Å². The van der Waals surface area contributed by atoms with Crippen molar-refractivity contribution in [2.75, 3.05) is 14.1 Å². The molecule has 0 unspecified atom stereocenters. The van der Waals surface area contributed by atoms with Crippen molar-refractivity contribution in [3.05, 3.63) is 72.9 Å². The molecule has 0 saturated heterocycles. The maximum atomic E-state index is 4.92. The second kappa shape index (κ2) is 8.13. The number of rotatable bonds is 5. The van der Waals surface area contributed by atoms with Crippen LogP contribution in [0.15, 0.2) is 67.4 Å². The van der Waals surface area contributed by atoms with Gasteiger partial charge in [-0.15, -0.1) is 0 Å². The fraction of sp³-hybridized carbons (Fsp3) is 0.120. The molecule has 34 heavy (non-hydrogen) atoms. The summed E-state index contributed by atoms with van der Waals surface area (Å²) in [5.74, 6) is 0.611. The summed E-state index contributed by atoms with van der Waals surface area (Å²) in [5, 5.41) is 7.58. The van der Waals surface area contributed by atoms with E-state index >= 15 is 0 Å². The number of nitrogens with zero attached hydrogens (tertiary/aromatic N) is 7. The number of hydrogen-bond donors (Lipinski definition) is 2. The van der Waals surface area contributed by atoms with Crippen LogP contribution >= 0.6 is 0 Å². The maximum Gasteiger partial charge on any atom is 0.162 e. The van der Waals surface area contributed by atoms with Crippen LogP contribution in [0.3, 0.4) is 0 Å². The first kappa shape index (κ1) is 20.1. The zero-order valence-electron chi connectivity index (χ0n) is 18.7. The van der Waals surface area contributed by atoms with Crippen LogP contribution < -0.4 is 0 Å². The first-order valence-electron chi connectivity index (χ1n) is 10.9. The standard InChI is InChI=1S/C25H21N9/c1-34(2)14-15-11-17(13-27-12-15)19-3-4-20-22(29-19)23(33-32-20)25-30-21-18(7-10-28-24(21)31-25)16-5-8-26-9-6-16/h3-13H,14H2,1-2H3,(H,32,33)(H,28,30,31). The molecule has 0 spiro atoms. The summed E-state index contributed by atoms with van der Waals surface area (Å²) >= 11 is 0. The molecule has 6 aromatic heterocycles. The van der Waals surface area contributed by atoms with E-state index in [1.54, 1.807) is 18.6 Å². The fourth-order valence-electron chi connectivity index (χ4n) is 4.09. The first-order valence-corrected chi connectivity index (χ1v) is 10.9. The predicted octanol–water partition coefficient (Wildman–Crippen LogP) is 4.08. The van der Waals surface area contributed by atoms with Gasteiger partial charge in [0.05, 0.1) is 11.2 Å². The number of pyridine rings is 4. The lowest BCUT2D eigenvalue weighted by Crippen LogP contribution is -2.10. The van der Waals surface area contributed by atoms with Crippen molar-refractivity contribution in [3.63, 3.8) is 0 Å². The molecule has 9 nitrogen and oxygen atoms in total. The third-order valence-corrected chi connectivity index (χ3v) is 5.60. The van der Waals surface area contributed by atoms with E-state index in [0.29, 0.717) is 17.2 Å². The Morgan fingerprint density at radius 3 is 2.59 bits per heavy atom. The monoisotopic (exact) mass is 447 g/mol. The topological polar surface area (TPSA) is 112 Å². The Labute approximate surface area is 195 Å². The number of imidazole rings is 1. The first-order chi connectivity index (χ1) is 16.7. The molecule has 6 heterocycles. The van der Waals surface area contributed by atoms with E-state index in [0.717, 1.165) is 51.0 Å². The minimum Gasteiger partial charge on any atom is -0.321 e. The van der Waals surface area contributed by atoms with E-state index in [2.05, 4.69) is 41.1 Å². The van der Waals surface area contributed by atoms with E-state index in [1.807, 2.05) is 56.8 Å². The molecule has 0 amide bonds. The van der Waals surface area contributed by atoms with Gasteiger partial charge in [0.25, 0.3) is 0 Å². The summed E-state index contributed by atoms with van der Waals surface area (Å²) in [4.78, 5) is 28.2. The van der Waals surface area contributed by atoms with Gasteiger partial charge in [0.1, 0.15) is 11.0 Å². The zero-order chi connectivity index (χ0) is 23.1. The van der Waals surface area contributed by atoms with Crippen LogP contribution in [0, 0.1) is 0 Å². The molecule has 6 rings (SSSR count). The highest BCUT2D eigenvalue weighted by atomic mass is 15.2. The van der Waals surface area contributed by atoms with Crippen molar-refractivity contribution in [1.82, 2.24) is 45.0 Å².